The van der Waals surface area contributed by atoms with Crippen LogP contribution in [-0.4, -0.2) is 36.8 Å². The minimum Gasteiger partial charge on any atom is -0.355 e. The molecule has 0 fully saturated rings. The van der Waals surface area contributed by atoms with Crippen LogP contribution in [0.25, 0.3) is 5.65 Å². The van der Waals surface area contributed by atoms with Crippen LogP contribution in [0.1, 0.15) is 36.6 Å². The fourth-order valence-electron chi connectivity index (χ4n) is 3.11. The Hall–Kier alpha value is -2.70. The predicted octanol–water partition coefficient (Wildman–Crippen LogP) is 2.10. The number of nitrogens with one attached hydrogen (secondary N) is 1. The molecule has 0 aliphatic heterocycles. The fraction of sp³-hybridized carbons (Fsp3) is 0.474. The zero-order valence-electron chi connectivity index (χ0n) is 15.9. The standard InChI is InChI=1S/C19H26N6O/c1-13(2)12-25-15(4)16(14(3)23-25)11-19(26)20-9-8-18-22-21-17-7-5-6-10-24(17)18/h5-7,10,13H,8-9,11-12H2,1-4H3,(H,20,26). The number of hydrogen-bond donors (Lipinski definition) is 1. The third-order valence-corrected chi connectivity index (χ3v) is 4.46. The summed E-state index contributed by atoms with van der Waals surface area (Å²) < 4.78 is 3.95. The maximum absolute atomic E-state index is 12.3. The summed E-state index contributed by atoms with van der Waals surface area (Å²) in [6.07, 6.45) is 2.93. The van der Waals surface area contributed by atoms with Crippen LogP contribution in [0.15, 0.2) is 24.4 Å². The lowest BCUT2D eigenvalue weighted by Gasteiger charge is -2.08. The highest BCUT2D eigenvalue weighted by molar-refractivity contribution is 5.79. The van der Waals surface area contributed by atoms with Crippen LogP contribution < -0.4 is 5.32 Å². The molecule has 1 N–H and O–H groups in total. The first-order valence-electron chi connectivity index (χ1n) is 9.04. The molecular weight excluding hydrogens is 328 g/mol. The van der Waals surface area contributed by atoms with Crippen molar-refractivity contribution in [3.8, 4) is 0 Å². The molecule has 0 aliphatic carbocycles. The van der Waals surface area contributed by atoms with Crippen molar-refractivity contribution in [2.45, 2.75) is 47.1 Å². The first-order valence-corrected chi connectivity index (χ1v) is 9.04. The molecule has 0 bridgehead atoms. The van der Waals surface area contributed by atoms with Gasteiger partial charge < -0.3 is 5.32 Å². The number of amides is 1. The van der Waals surface area contributed by atoms with E-state index in [2.05, 4.69) is 34.5 Å². The molecule has 0 unspecified atom stereocenters. The van der Waals surface area contributed by atoms with Gasteiger partial charge in [0.1, 0.15) is 5.82 Å². The van der Waals surface area contributed by atoms with Crippen LogP contribution in [0.5, 0.6) is 0 Å². The second-order valence-electron chi connectivity index (χ2n) is 7.05. The maximum atomic E-state index is 12.3. The molecule has 7 nitrogen and oxygen atoms in total. The molecule has 1 amide bonds. The Morgan fingerprint density at radius 2 is 2.04 bits per heavy atom. The second-order valence-corrected chi connectivity index (χ2v) is 7.05. The Morgan fingerprint density at radius 1 is 1.23 bits per heavy atom. The smallest absolute Gasteiger partial charge is 0.224 e. The lowest BCUT2D eigenvalue weighted by Crippen LogP contribution is -2.28. The van der Waals surface area contributed by atoms with Gasteiger partial charge >= 0.3 is 0 Å². The molecule has 3 rings (SSSR count). The first-order chi connectivity index (χ1) is 12.5. The molecule has 3 heterocycles. The van der Waals surface area contributed by atoms with Crippen molar-refractivity contribution < 1.29 is 4.79 Å². The van der Waals surface area contributed by atoms with Crippen molar-refractivity contribution in [1.82, 2.24) is 29.7 Å². The van der Waals surface area contributed by atoms with E-state index in [0.717, 1.165) is 35.0 Å². The third kappa shape index (κ3) is 3.92. The Balaban J connectivity index is 1.57. The van der Waals surface area contributed by atoms with Gasteiger partial charge in [-0.25, -0.2) is 0 Å². The summed E-state index contributed by atoms with van der Waals surface area (Å²) >= 11 is 0. The van der Waals surface area contributed by atoms with Crippen LogP contribution >= 0.6 is 0 Å². The van der Waals surface area contributed by atoms with Gasteiger partial charge in [0, 0.05) is 37.0 Å². The topological polar surface area (TPSA) is 77.1 Å². The van der Waals surface area contributed by atoms with E-state index in [1.54, 1.807) is 0 Å². The van der Waals surface area contributed by atoms with Gasteiger partial charge in [-0.3, -0.25) is 13.9 Å². The molecule has 0 radical (unpaired) electrons. The minimum absolute atomic E-state index is 0.00844. The van der Waals surface area contributed by atoms with Crippen molar-refractivity contribution in [3.05, 3.63) is 47.2 Å². The van der Waals surface area contributed by atoms with Crippen molar-refractivity contribution in [1.29, 1.82) is 0 Å². The molecular formula is C19H26N6O. The van der Waals surface area contributed by atoms with Crippen molar-refractivity contribution in [3.63, 3.8) is 0 Å². The predicted molar refractivity (Wildman–Crippen MR) is 99.9 cm³/mol. The van der Waals surface area contributed by atoms with Crippen molar-refractivity contribution in [2.24, 2.45) is 5.92 Å². The molecule has 7 heteroatoms. The van der Waals surface area contributed by atoms with Crippen LogP contribution in [0, 0.1) is 19.8 Å². The minimum atomic E-state index is 0.00844. The molecule has 3 aromatic rings. The molecule has 0 aliphatic rings. The van der Waals surface area contributed by atoms with Crippen LogP contribution in [0.2, 0.25) is 0 Å². The summed E-state index contributed by atoms with van der Waals surface area (Å²) in [6.45, 7) is 9.73. The van der Waals surface area contributed by atoms with Gasteiger partial charge in [0.05, 0.1) is 12.1 Å². The zero-order chi connectivity index (χ0) is 18.7. The zero-order valence-corrected chi connectivity index (χ0v) is 15.9. The molecule has 3 aromatic heterocycles. The number of fused-ring (bicyclic) bond motifs is 1. The Bertz CT molecular complexity index is 908. The SMILES string of the molecule is Cc1nn(CC(C)C)c(C)c1CC(=O)NCCc1nnc2ccccn12. The summed E-state index contributed by atoms with van der Waals surface area (Å²) in [5.41, 5.74) is 3.85. The molecule has 0 atom stereocenters. The molecule has 138 valence electrons. The highest BCUT2D eigenvalue weighted by atomic mass is 16.1. The van der Waals surface area contributed by atoms with E-state index in [4.69, 9.17) is 0 Å². The first kappa shape index (κ1) is 18.1. The highest BCUT2D eigenvalue weighted by Gasteiger charge is 2.15. The van der Waals surface area contributed by atoms with Crippen LogP contribution in [0.3, 0.4) is 0 Å². The number of hydrogen-bond acceptors (Lipinski definition) is 4. The van der Waals surface area contributed by atoms with E-state index in [-0.39, 0.29) is 5.91 Å². The molecule has 0 spiro atoms. The van der Waals surface area contributed by atoms with Crippen molar-refractivity contribution >= 4 is 11.6 Å². The van der Waals surface area contributed by atoms with Gasteiger partial charge in [-0.15, -0.1) is 10.2 Å². The average molecular weight is 354 g/mol. The average Bonchev–Trinajstić information content (AvgIpc) is 3.11. The Morgan fingerprint density at radius 3 is 2.81 bits per heavy atom. The number of rotatable bonds is 7. The van der Waals surface area contributed by atoms with Gasteiger partial charge in [0.25, 0.3) is 0 Å². The third-order valence-electron chi connectivity index (χ3n) is 4.46. The molecule has 0 aromatic carbocycles. The maximum Gasteiger partial charge on any atom is 0.224 e. The quantitative estimate of drug-likeness (QED) is 0.705. The number of nitrogens with zero attached hydrogens (tertiary/aromatic N) is 5. The van der Waals surface area contributed by atoms with E-state index in [0.29, 0.717) is 25.3 Å². The number of carbonyl (C=O) groups is 1. The molecule has 0 saturated carbocycles. The number of aromatic nitrogens is 5. The monoisotopic (exact) mass is 354 g/mol. The Labute approximate surface area is 153 Å². The normalized spacial score (nSPS) is 11.4. The van der Waals surface area contributed by atoms with Gasteiger partial charge in [-0.2, -0.15) is 5.10 Å². The lowest BCUT2D eigenvalue weighted by atomic mass is 10.1. The number of aryl methyl sites for hydroxylation is 1. The lowest BCUT2D eigenvalue weighted by molar-refractivity contribution is -0.120. The van der Waals surface area contributed by atoms with Crippen LogP contribution in [-0.2, 0) is 24.2 Å². The van der Waals surface area contributed by atoms with E-state index in [1.807, 2.05) is 47.3 Å². The second kappa shape index (κ2) is 7.68. The van der Waals surface area contributed by atoms with Crippen molar-refractivity contribution in [2.75, 3.05) is 6.54 Å². The summed E-state index contributed by atoms with van der Waals surface area (Å²) in [6, 6.07) is 5.79. The van der Waals surface area contributed by atoms with E-state index >= 15 is 0 Å². The van der Waals surface area contributed by atoms with Crippen LogP contribution in [0.4, 0.5) is 0 Å². The largest absolute Gasteiger partial charge is 0.355 e. The summed E-state index contributed by atoms with van der Waals surface area (Å²) in [5.74, 6) is 1.37. The summed E-state index contributed by atoms with van der Waals surface area (Å²) in [7, 11) is 0. The summed E-state index contributed by atoms with van der Waals surface area (Å²) in [4.78, 5) is 12.3. The highest BCUT2D eigenvalue weighted by Crippen LogP contribution is 2.15. The Kier molecular flexibility index (Phi) is 5.35. The molecule has 26 heavy (non-hydrogen) atoms. The van der Waals surface area contributed by atoms with E-state index in [1.165, 1.54) is 0 Å². The fourth-order valence-corrected chi connectivity index (χ4v) is 3.11. The number of pyridine rings is 1. The molecule has 0 saturated heterocycles. The van der Waals surface area contributed by atoms with E-state index in [9.17, 15) is 4.79 Å². The van der Waals surface area contributed by atoms with Gasteiger partial charge in [0.15, 0.2) is 5.65 Å². The van der Waals surface area contributed by atoms with Gasteiger partial charge in [-0.05, 0) is 31.9 Å². The van der Waals surface area contributed by atoms with Gasteiger partial charge in [0.2, 0.25) is 5.91 Å². The summed E-state index contributed by atoms with van der Waals surface area (Å²) in [5, 5.41) is 15.9. The van der Waals surface area contributed by atoms with Gasteiger partial charge in [-0.1, -0.05) is 19.9 Å². The van der Waals surface area contributed by atoms with E-state index < -0.39 is 0 Å². The number of carbonyl (C=O) groups excluding carboxylic acids is 1.